The van der Waals surface area contributed by atoms with Crippen molar-refractivity contribution in [2.24, 2.45) is 0 Å². The molecule has 19 heavy (non-hydrogen) atoms. The van der Waals surface area contributed by atoms with E-state index in [2.05, 4.69) is 40.9 Å². The van der Waals surface area contributed by atoms with Crippen LogP contribution in [0.15, 0.2) is 30.3 Å². The minimum atomic E-state index is 0.105. The lowest BCUT2D eigenvalue weighted by atomic mass is 10.2. The number of benzene rings is 1. The number of halogens is 2. The van der Waals surface area contributed by atoms with Gasteiger partial charge in [-0.05, 0) is 42.6 Å². The molecule has 0 bridgehead atoms. The van der Waals surface area contributed by atoms with E-state index in [0.29, 0.717) is 12.5 Å². The van der Waals surface area contributed by atoms with Crippen LogP contribution >= 0.6 is 23.2 Å². The molecule has 0 aliphatic carbocycles. The predicted molar refractivity (Wildman–Crippen MR) is 77.6 cm³/mol. The molecule has 1 aromatic heterocycles. The summed E-state index contributed by atoms with van der Waals surface area (Å²) in [6.45, 7) is 4.82. The van der Waals surface area contributed by atoms with Crippen molar-refractivity contribution in [3.05, 3.63) is 46.5 Å². The summed E-state index contributed by atoms with van der Waals surface area (Å²) in [6, 6.07) is 10.3. The maximum atomic E-state index is 5.83. The summed E-state index contributed by atoms with van der Waals surface area (Å²) in [7, 11) is 0. The molecule has 0 amide bonds. The molecule has 0 aliphatic rings. The van der Waals surface area contributed by atoms with Gasteiger partial charge in [0.1, 0.15) is 0 Å². The molecule has 0 aliphatic heterocycles. The van der Waals surface area contributed by atoms with Gasteiger partial charge in [-0.15, -0.1) is 0 Å². The van der Waals surface area contributed by atoms with Gasteiger partial charge in [-0.3, -0.25) is 0 Å². The summed E-state index contributed by atoms with van der Waals surface area (Å²) in [6.07, 6.45) is 0. The van der Waals surface area contributed by atoms with Crippen molar-refractivity contribution >= 4 is 29.2 Å². The summed E-state index contributed by atoms with van der Waals surface area (Å²) >= 11 is 11.7. The first kappa shape index (κ1) is 14.0. The molecule has 0 N–H and O–H groups in total. The Morgan fingerprint density at radius 3 is 2.11 bits per heavy atom. The van der Waals surface area contributed by atoms with E-state index in [1.54, 1.807) is 0 Å². The van der Waals surface area contributed by atoms with E-state index in [1.807, 2.05) is 23.1 Å². The SMILES string of the molecule is CC(C)N(Cc1ccccc1)c1nc(Cl)nc(Cl)n1. The van der Waals surface area contributed by atoms with Crippen LogP contribution in [0.5, 0.6) is 0 Å². The van der Waals surface area contributed by atoms with Gasteiger partial charge in [0.25, 0.3) is 0 Å². The van der Waals surface area contributed by atoms with Crippen molar-refractivity contribution in [2.75, 3.05) is 4.90 Å². The molecule has 100 valence electrons. The van der Waals surface area contributed by atoms with Crippen LogP contribution in [-0.2, 0) is 6.54 Å². The Labute approximate surface area is 122 Å². The Bertz CT molecular complexity index is 525. The number of hydrogen-bond acceptors (Lipinski definition) is 4. The molecule has 0 atom stereocenters. The monoisotopic (exact) mass is 296 g/mol. The third-order valence-corrected chi connectivity index (χ3v) is 2.98. The summed E-state index contributed by atoms with van der Waals surface area (Å²) in [4.78, 5) is 14.1. The average molecular weight is 297 g/mol. The highest BCUT2D eigenvalue weighted by Crippen LogP contribution is 2.18. The van der Waals surface area contributed by atoms with Crippen LogP contribution in [0.4, 0.5) is 5.95 Å². The Morgan fingerprint density at radius 2 is 1.58 bits per heavy atom. The van der Waals surface area contributed by atoms with Crippen LogP contribution in [0.1, 0.15) is 19.4 Å². The second-order valence-electron chi connectivity index (χ2n) is 4.38. The summed E-state index contributed by atoms with van der Waals surface area (Å²) in [5.41, 5.74) is 1.17. The van der Waals surface area contributed by atoms with Crippen molar-refractivity contribution in [3.8, 4) is 0 Å². The molecule has 0 saturated carbocycles. The van der Waals surface area contributed by atoms with Crippen LogP contribution in [0.2, 0.25) is 10.6 Å². The summed E-state index contributed by atoms with van der Waals surface area (Å²) in [5.74, 6) is 0.490. The quantitative estimate of drug-likeness (QED) is 0.864. The first-order valence-electron chi connectivity index (χ1n) is 5.94. The van der Waals surface area contributed by atoms with E-state index < -0.39 is 0 Å². The molecule has 0 fully saturated rings. The van der Waals surface area contributed by atoms with Gasteiger partial charge in [0.2, 0.25) is 16.5 Å². The molecule has 1 aromatic carbocycles. The molecule has 4 nitrogen and oxygen atoms in total. The summed E-state index contributed by atoms with van der Waals surface area (Å²) in [5, 5.41) is 0.211. The van der Waals surface area contributed by atoms with Gasteiger partial charge < -0.3 is 4.90 Å². The lowest BCUT2D eigenvalue weighted by Crippen LogP contribution is -2.32. The largest absolute Gasteiger partial charge is 0.334 e. The molecule has 2 aromatic rings. The number of nitrogens with zero attached hydrogens (tertiary/aromatic N) is 4. The highest BCUT2D eigenvalue weighted by atomic mass is 35.5. The van der Waals surface area contributed by atoms with Crippen LogP contribution < -0.4 is 4.90 Å². The first-order valence-corrected chi connectivity index (χ1v) is 6.69. The van der Waals surface area contributed by atoms with Crippen LogP contribution in [0, 0.1) is 0 Å². The fourth-order valence-corrected chi connectivity index (χ4v) is 2.06. The third kappa shape index (κ3) is 3.78. The van der Waals surface area contributed by atoms with Gasteiger partial charge in [0, 0.05) is 12.6 Å². The van der Waals surface area contributed by atoms with Crippen molar-refractivity contribution in [3.63, 3.8) is 0 Å². The third-order valence-electron chi connectivity index (χ3n) is 2.65. The number of rotatable bonds is 4. The molecular weight excluding hydrogens is 283 g/mol. The van der Waals surface area contributed by atoms with E-state index in [9.17, 15) is 0 Å². The zero-order chi connectivity index (χ0) is 13.8. The van der Waals surface area contributed by atoms with Gasteiger partial charge in [-0.1, -0.05) is 30.3 Å². The van der Waals surface area contributed by atoms with Crippen LogP contribution in [-0.4, -0.2) is 21.0 Å². The maximum absolute atomic E-state index is 5.83. The van der Waals surface area contributed by atoms with Crippen LogP contribution in [0.25, 0.3) is 0 Å². The fraction of sp³-hybridized carbons (Fsp3) is 0.308. The lowest BCUT2D eigenvalue weighted by Gasteiger charge is -2.26. The molecular formula is C13H14Cl2N4. The maximum Gasteiger partial charge on any atom is 0.231 e. The molecule has 1 heterocycles. The highest BCUT2D eigenvalue weighted by Gasteiger charge is 2.16. The Balaban J connectivity index is 2.30. The number of hydrogen-bond donors (Lipinski definition) is 0. The van der Waals surface area contributed by atoms with Crippen molar-refractivity contribution in [2.45, 2.75) is 26.4 Å². The minimum absolute atomic E-state index is 0.105. The fourth-order valence-electron chi connectivity index (χ4n) is 1.71. The van der Waals surface area contributed by atoms with E-state index in [4.69, 9.17) is 23.2 Å². The van der Waals surface area contributed by atoms with Gasteiger partial charge >= 0.3 is 0 Å². The Hall–Kier alpha value is -1.39. The second kappa shape index (κ2) is 6.17. The van der Waals surface area contributed by atoms with E-state index in [0.717, 1.165) is 0 Å². The number of aromatic nitrogens is 3. The molecule has 6 heteroatoms. The topological polar surface area (TPSA) is 41.9 Å². The second-order valence-corrected chi connectivity index (χ2v) is 5.06. The number of anilines is 1. The molecule has 0 saturated heterocycles. The van der Waals surface area contributed by atoms with Gasteiger partial charge in [-0.25, -0.2) is 0 Å². The summed E-state index contributed by atoms with van der Waals surface area (Å²) < 4.78 is 0. The van der Waals surface area contributed by atoms with E-state index in [-0.39, 0.29) is 16.6 Å². The Kier molecular flexibility index (Phi) is 4.56. The molecule has 0 unspecified atom stereocenters. The van der Waals surface area contributed by atoms with Crippen molar-refractivity contribution in [1.82, 2.24) is 15.0 Å². The van der Waals surface area contributed by atoms with E-state index >= 15 is 0 Å². The molecule has 2 rings (SSSR count). The lowest BCUT2D eigenvalue weighted by molar-refractivity contribution is 0.658. The van der Waals surface area contributed by atoms with Gasteiger partial charge in [-0.2, -0.15) is 15.0 Å². The van der Waals surface area contributed by atoms with E-state index in [1.165, 1.54) is 5.56 Å². The normalized spacial score (nSPS) is 10.8. The first-order chi connectivity index (χ1) is 9.06. The van der Waals surface area contributed by atoms with Gasteiger partial charge in [0.15, 0.2) is 0 Å². The predicted octanol–water partition coefficient (Wildman–Crippen LogP) is 3.59. The zero-order valence-corrected chi connectivity index (χ0v) is 12.2. The Morgan fingerprint density at radius 1 is 1.00 bits per heavy atom. The van der Waals surface area contributed by atoms with Gasteiger partial charge in [0.05, 0.1) is 0 Å². The highest BCUT2D eigenvalue weighted by molar-refractivity contribution is 6.31. The van der Waals surface area contributed by atoms with Crippen molar-refractivity contribution in [1.29, 1.82) is 0 Å². The van der Waals surface area contributed by atoms with Crippen molar-refractivity contribution < 1.29 is 0 Å². The molecule has 0 radical (unpaired) electrons. The molecule has 0 spiro atoms. The van der Waals surface area contributed by atoms with Crippen LogP contribution in [0.3, 0.4) is 0 Å². The minimum Gasteiger partial charge on any atom is -0.334 e. The average Bonchev–Trinajstić information content (AvgIpc) is 2.35. The smallest absolute Gasteiger partial charge is 0.231 e. The zero-order valence-electron chi connectivity index (χ0n) is 10.7. The standard InChI is InChI=1S/C13H14Cl2N4/c1-9(2)19(8-10-6-4-3-5-7-10)13-17-11(14)16-12(15)18-13/h3-7,9H,8H2,1-2H3.